The highest BCUT2D eigenvalue weighted by atomic mass is 16.5. The van der Waals surface area contributed by atoms with Crippen LogP contribution in [0.15, 0.2) is 75.9 Å². The third-order valence-electron chi connectivity index (χ3n) is 3.02. The molecule has 10 N–H and O–H groups in total. The number of rotatable bonds is 6. The first-order valence-electron chi connectivity index (χ1n) is 9.97. The highest BCUT2D eigenvalue weighted by molar-refractivity contribution is 5.94. The highest BCUT2D eigenvalue weighted by Gasteiger charge is 2.58. The Bertz CT molecular complexity index is 802. The van der Waals surface area contributed by atoms with Gasteiger partial charge in [0.1, 0.15) is 0 Å². The Morgan fingerprint density at radius 3 is 0.732 bits per heavy atom. The summed E-state index contributed by atoms with van der Waals surface area (Å²) in [5.74, 6) is -13.3. The molecule has 17 heteroatoms. The van der Waals surface area contributed by atoms with Crippen molar-refractivity contribution in [3.05, 3.63) is 75.9 Å². The predicted molar refractivity (Wildman–Crippen MR) is 140 cm³/mol. The van der Waals surface area contributed by atoms with E-state index < -0.39 is 59.1 Å². The standard InChI is InChI=1S/C6H10O5.6C3H4O2/c1-3-2-5(8,9)4(7)6(3,10)11;6*1-2-3(4)5/h3,8-11H,2H2,1H3;6*2H,1H2,(H,4,5). The van der Waals surface area contributed by atoms with Crippen LogP contribution in [0.2, 0.25) is 0 Å². The second-order valence-corrected chi connectivity index (χ2v) is 6.23. The number of Topliss-reactive ketones (excluding diaryl/α,β-unsaturated/α-hetero) is 1. The fourth-order valence-electron chi connectivity index (χ4n) is 1.18. The van der Waals surface area contributed by atoms with Gasteiger partial charge in [-0.2, -0.15) is 0 Å². The first kappa shape index (κ1) is 48.8. The van der Waals surface area contributed by atoms with Crippen LogP contribution in [-0.4, -0.2) is 104 Å². The predicted octanol–water partition coefficient (Wildman–Crippen LogP) is -0.501. The molecule has 1 aliphatic carbocycles. The van der Waals surface area contributed by atoms with Crippen LogP contribution in [0, 0.1) is 5.92 Å². The van der Waals surface area contributed by atoms with Crippen molar-refractivity contribution in [1.29, 1.82) is 0 Å². The molecule has 1 rings (SSSR count). The van der Waals surface area contributed by atoms with Crippen LogP contribution in [0.4, 0.5) is 0 Å². The van der Waals surface area contributed by atoms with Crippen molar-refractivity contribution in [3.8, 4) is 0 Å². The minimum Gasteiger partial charge on any atom is -0.478 e. The van der Waals surface area contributed by atoms with E-state index in [0.29, 0.717) is 0 Å². The van der Waals surface area contributed by atoms with E-state index in [1.807, 2.05) is 0 Å². The lowest BCUT2D eigenvalue weighted by Crippen LogP contribution is -2.46. The van der Waals surface area contributed by atoms with Crippen LogP contribution < -0.4 is 0 Å². The second kappa shape index (κ2) is 27.8. The topological polar surface area (TPSA) is 322 Å². The number of aliphatic hydroxyl groups is 4. The molecule has 232 valence electrons. The number of hydrogen-bond donors (Lipinski definition) is 10. The molecule has 0 bridgehead atoms. The van der Waals surface area contributed by atoms with Crippen molar-refractivity contribution in [1.82, 2.24) is 0 Å². The minimum absolute atomic E-state index is 0.348. The van der Waals surface area contributed by atoms with Crippen molar-refractivity contribution in [2.75, 3.05) is 0 Å². The summed E-state index contributed by atoms with van der Waals surface area (Å²) < 4.78 is 0. The van der Waals surface area contributed by atoms with Crippen LogP contribution in [-0.2, 0) is 33.6 Å². The Hall–Kier alpha value is -5.23. The zero-order chi connectivity index (χ0) is 34.6. The molecule has 0 aromatic heterocycles. The van der Waals surface area contributed by atoms with Gasteiger partial charge in [0, 0.05) is 48.8 Å². The molecule has 0 radical (unpaired) electrons. The maximum atomic E-state index is 10.8. The molecular weight excluding hydrogens is 560 g/mol. The number of carbonyl (C=O) groups excluding carboxylic acids is 1. The number of carboxylic acid groups (broad SMARTS) is 6. The Morgan fingerprint density at radius 1 is 0.561 bits per heavy atom. The van der Waals surface area contributed by atoms with E-state index in [4.69, 9.17) is 51.1 Å². The van der Waals surface area contributed by atoms with Gasteiger partial charge in [-0.1, -0.05) is 46.4 Å². The van der Waals surface area contributed by atoms with E-state index in [9.17, 15) is 33.6 Å². The first-order valence-corrected chi connectivity index (χ1v) is 9.97. The van der Waals surface area contributed by atoms with Gasteiger partial charge in [-0.3, -0.25) is 4.79 Å². The van der Waals surface area contributed by atoms with Crippen LogP contribution in [0.5, 0.6) is 0 Å². The van der Waals surface area contributed by atoms with E-state index in [0.717, 1.165) is 36.5 Å². The van der Waals surface area contributed by atoms with Crippen LogP contribution in [0.1, 0.15) is 13.3 Å². The Morgan fingerprint density at radius 2 is 0.707 bits per heavy atom. The van der Waals surface area contributed by atoms with E-state index in [2.05, 4.69) is 39.5 Å². The number of ketones is 1. The fourth-order valence-corrected chi connectivity index (χ4v) is 1.18. The first-order chi connectivity index (χ1) is 18.4. The average Bonchev–Trinajstić information content (AvgIpc) is 3.03. The quantitative estimate of drug-likeness (QED) is 0.137. The zero-order valence-electron chi connectivity index (χ0n) is 21.8. The van der Waals surface area contributed by atoms with E-state index in [1.54, 1.807) is 0 Å². The minimum atomic E-state index is -2.59. The zero-order valence-corrected chi connectivity index (χ0v) is 21.8. The molecule has 17 nitrogen and oxygen atoms in total. The largest absolute Gasteiger partial charge is 0.478 e. The maximum absolute atomic E-state index is 10.8. The number of carboxylic acids is 6. The van der Waals surface area contributed by atoms with Crippen LogP contribution >= 0.6 is 0 Å². The Labute approximate surface area is 233 Å². The van der Waals surface area contributed by atoms with Gasteiger partial charge in [-0.25, -0.2) is 28.8 Å². The molecule has 1 atom stereocenters. The van der Waals surface area contributed by atoms with Crippen molar-refractivity contribution < 1.29 is 84.6 Å². The summed E-state index contributed by atoms with van der Waals surface area (Å²) in [5, 5.41) is 81.2. The summed E-state index contributed by atoms with van der Waals surface area (Å²) in [6, 6.07) is 0. The molecule has 1 fully saturated rings. The molecule has 0 spiro atoms. The highest BCUT2D eigenvalue weighted by Crippen LogP contribution is 2.35. The normalized spacial score (nSPS) is 13.9. The van der Waals surface area contributed by atoms with Crippen LogP contribution in [0.3, 0.4) is 0 Å². The molecule has 1 aliphatic rings. The Balaban J connectivity index is -0.0000000904. The lowest BCUT2D eigenvalue weighted by molar-refractivity contribution is -0.209. The van der Waals surface area contributed by atoms with Crippen molar-refractivity contribution in [2.24, 2.45) is 5.92 Å². The van der Waals surface area contributed by atoms with Gasteiger partial charge >= 0.3 is 35.8 Å². The van der Waals surface area contributed by atoms with Crippen LogP contribution in [0.25, 0.3) is 0 Å². The van der Waals surface area contributed by atoms with Gasteiger partial charge < -0.3 is 51.1 Å². The van der Waals surface area contributed by atoms with Gasteiger partial charge in [-0.15, -0.1) is 0 Å². The molecule has 0 aliphatic heterocycles. The van der Waals surface area contributed by atoms with Gasteiger partial charge in [0.2, 0.25) is 17.4 Å². The van der Waals surface area contributed by atoms with Gasteiger partial charge in [0.25, 0.3) is 0 Å². The summed E-state index contributed by atoms with van der Waals surface area (Å²) in [5.41, 5.74) is 0. The van der Waals surface area contributed by atoms with Crippen molar-refractivity contribution in [2.45, 2.75) is 24.9 Å². The summed E-state index contributed by atoms with van der Waals surface area (Å²) in [6.07, 6.45) is 4.65. The third-order valence-corrected chi connectivity index (χ3v) is 3.02. The molecule has 0 saturated heterocycles. The fraction of sp³-hybridized carbons (Fsp3) is 0.208. The number of carbonyl (C=O) groups is 7. The van der Waals surface area contributed by atoms with Crippen molar-refractivity contribution >= 4 is 41.6 Å². The van der Waals surface area contributed by atoms with Crippen molar-refractivity contribution in [3.63, 3.8) is 0 Å². The van der Waals surface area contributed by atoms with E-state index in [1.165, 1.54) is 6.92 Å². The number of aliphatic carboxylic acids is 6. The maximum Gasteiger partial charge on any atom is 0.327 e. The molecule has 0 aromatic carbocycles. The second-order valence-electron chi connectivity index (χ2n) is 6.23. The Kier molecular flexibility index (Phi) is 33.1. The lowest BCUT2D eigenvalue weighted by Gasteiger charge is -2.17. The van der Waals surface area contributed by atoms with E-state index in [-0.39, 0.29) is 6.42 Å². The molecule has 0 amide bonds. The summed E-state index contributed by atoms with van der Waals surface area (Å²) in [6.45, 7) is 19.1. The summed E-state index contributed by atoms with van der Waals surface area (Å²) in [4.78, 5) is 66.3. The average molecular weight is 595 g/mol. The molecule has 0 heterocycles. The van der Waals surface area contributed by atoms with Gasteiger partial charge in [0.15, 0.2) is 0 Å². The SMILES string of the molecule is C=CC(=O)O.C=CC(=O)O.C=CC(=O)O.C=CC(=O)O.C=CC(=O)O.C=CC(=O)O.CC1CC(O)(O)C(=O)C1(O)O. The molecular formula is C24H34O17. The third kappa shape index (κ3) is 42.1. The molecule has 1 saturated carbocycles. The van der Waals surface area contributed by atoms with Gasteiger partial charge in [0.05, 0.1) is 0 Å². The van der Waals surface area contributed by atoms with E-state index >= 15 is 0 Å². The molecule has 1 unspecified atom stereocenters. The summed E-state index contributed by atoms with van der Waals surface area (Å²) in [7, 11) is 0. The number of hydrogen-bond acceptors (Lipinski definition) is 11. The molecule has 0 aromatic rings. The smallest absolute Gasteiger partial charge is 0.327 e. The van der Waals surface area contributed by atoms with Gasteiger partial charge in [-0.05, 0) is 0 Å². The summed E-state index contributed by atoms with van der Waals surface area (Å²) >= 11 is 0. The monoisotopic (exact) mass is 594 g/mol. The lowest BCUT2D eigenvalue weighted by atomic mass is 10.1. The molecule has 41 heavy (non-hydrogen) atoms.